The molecule has 0 radical (unpaired) electrons. The summed E-state index contributed by atoms with van der Waals surface area (Å²) in [6.07, 6.45) is 0. The molecule has 0 bridgehead atoms. The summed E-state index contributed by atoms with van der Waals surface area (Å²) in [6.45, 7) is 3.12. The van der Waals surface area contributed by atoms with E-state index >= 15 is 0 Å². The number of nitrogens with zero attached hydrogens (tertiary/aromatic N) is 2. The van der Waals surface area contributed by atoms with Crippen LogP contribution in [0.2, 0.25) is 5.02 Å². The quantitative estimate of drug-likeness (QED) is 0.599. The predicted molar refractivity (Wildman–Crippen MR) is 117 cm³/mol. The van der Waals surface area contributed by atoms with Gasteiger partial charge in [0.05, 0.1) is 31.3 Å². The molecule has 0 saturated carbocycles. The van der Waals surface area contributed by atoms with Crippen LogP contribution in [-0.4, -0.2) is 70.7 Å². The third-order valence-electron chi connectivity index (χ3n) is 5.19. The molecule has 1 atom stereocenters. The van der Waals surface area contributed by atoms with Crippen molar-refractivity contribution in [1.82, 2.24) is 14.7 Å². The van der Waals surface area contributed by atoms with Gasteiger partial charge in [0.1, 0.15) is 0 Å². The number of morpholine rings is 1. The van der Waals surface area contributed by atoms with Crippen molar-refractivity contribution in [2.75, 3.05) is 47.0 Å². The van der Waals surface area contributed by atoms with Crippen molar-refractivity contribution in [3.63, 3.8) is 0 Å². The van der Waals surface area contributed by atoms with E-state index in [1.165, 1.54) is 32.4 Å². The van der Waals surface area contributed by atoms with E-state index in [1.54, 1.807) is 6.07 Å². The summed E-state index contributed by atoms with van der Waals surface area (Å²) in [4.78, 5) is 19.8. The fraction of sp³-hybridized carbons (Fsp3) is 0.381. The van der Waals surface area contributed by atoms with Crippen molar-refractivity contribution >= 4 is 27.5 Å². The van der Waals surface area contributed by atoms with E-state index in [1.807, 2.05) is 24.3 Å². The molecule has 1 unspecified atom stereocenters. The molecular formula is C21H26ClN3O5S. The zero-order valence-electron chi connectivity index (χ0n) is 17.5. The van der Waals surface area contributed by atoms with Crippen molar-refractivity contribution in [1.29, 1.82) is 0 Å². The summed E-state index contributed by atoms with van der Waals surface area (Å²) < 4.78 is 31.1. The molecule has 8 nitrogen and oxygen atoms in total. The van der Waals surface area contributed by atoms with Crippen LogP contribution < -0.4 is 5.32 Å². The molecule has 2 aromatic carbocycles. The lowest BCUT2D eigenvalue weighted by Gasteiger charge is -2.35. The second-order valence-electron chi connectivity index (χ2n) is 7.05. The van der Waals surface area contributed by atoms with Gasteiger partial charge in [-0.25, -0.2) is 8.42 Å². The molecule has 1 fully saturated rings. The lowest BCUT2D eigenvalue weighted by Crippen LogP contribution is -2.43. The monoisotopic (exact) mass is 467 g/mol. The van der Waals surface area contributed by atoms with Crippen molar-refractivity contribution < 1.29 is 22.8 Å². The molecule has 31 heavy (non-hydrogen) atoms. The zero-order valence-corrected chi connectivity index (χ0v) is 19.0. The van der Waals surface area contributed by atoms with E-state index in [-0.39, 0.29) is 22.4 Å². The highest BCUT2D eigenvalue weighted by atomic mass is 35.5. The Morgan fingerprint density at radius 1 is 1.23 bits per heavy atom. The first-order chi connectivity index (χ1) is 14.8. The van der Waals surface area contributed by atoms with Crippen LogP contribution in [0.5, 0.6) is 0 Å². The van der Waals surface area contributed by atoms with Crippen molar-refractivity contribution in [3.05, 3.63) is 64.7 Å². The largest absolute Gasteiger partial charge is 0.379 e. The van der Waals surface area contributed by atoms with E-state index in [0.29, 0.717) is 24.8 Å². The van der Waals surface area contributed by atoms with Crippen molar-refractivity contribution in [2.45, 2.75) is 10.9 Å². The molecule has 1 aliphatic heterocycles. The minimum Gasteiger partial charge on any atom is -0.379 e. The number of carbonyl (C=O) groups is 1. The van der Waals surface area contributed by atoms with Crippen molar-refractivity contribution in [3.8, 4) is 0 Å². The molecule has 1 N–H and O–H groups in total. The maximum atomic E-state index is 12.8. The number of ether oxygens (including phenoxy) is 1. The Morgan fingerprint density at radius 3 is 2.55 bits per heavy atom. The molecule has 2 aromatic rings. The molecule has 3 rings (SSSR count). The van der Waals surface area contributed by atoms with Crippen LogP contribution in [0, 0.1) is 0 Å². The predicted octanol–water partition coefficient (Wildman–Crippen LogP) is 2.33. The molecule has 0 aliphatic carbocycles. The van der Waals surface area contributed by atoms with Crippen molar-refractivity contribution in [2.24, 2.45) is 0 Å². The third kappa shape index (κ3) is 5.82. The topological polar surface area (TPSA) is 88.2 Å². The van der Waals surface area contributed by atoms with Crippen LogP contribution in [0.3, 0.4) is 0 Å². The highest BCUT2D eigenvalue weighted by Crippen LogP contribution is 2.23. The fourth-order valence-electron chi connectivity index (χ4n) is 3.37. The standard InChI is InChI=1S/C21H26ClN3O5S/c1-24(29-2)31(27,28)19-5-3-4-17(14-19)21(26)23-15-20(25-10-12-30-13-11-25)16-6-8-18(22)9-7-16/h3-9,14,20H,10-13,15H2,1-2H3,(H,23,26). The number of benzene rings is 2. The summed E-state index contributed by atoms with van der Waals surface area (Å²) in [7, 11) is -1.29. The Labute approximate surface area is 187 Å². The molecular weight excluding hydrogens is 442 g/mol. The van der Waals surface area contributed by atoms with Gasteiger partial charge in [0.15, 0.2) is 0 Å². The summed E-state index contributed by atoms with van der Waals surface area (Å²) >= 11 is 6.03. The molecule has 0 aromatic heterocycles. The van der Waals surface area contributed by atoms with Crippen LogP contribution in [-0.2, 0) is 19.6 Å². The average molecular weight is 468 g/mol. The molecule has 1 aliphatic rings. The highest BCUT2D eigenvalue weighted by molar-refractivity contribution is 7.89. The van der Waals surface area contributed by atoms with Gasteiger partial charge in [-0.15, -0.1) is 0 Å². The van der Waals surface area contributed by atoms with Gasteiger partial charge >= 0.3 is 0 Å². The van der Waals surface area contributed by atoms with Gasteiger partial charge in [-0.3, -0.25) is 14.5 Å². The fourth-order valence-corrected chi connectivity index (χ4v) is 4.51. The smallest absolute Gasteiger partial charge is 0.264 e. The van der Waals surface area contributed by atoms with Gasteiger partial charge in [0, 0.05) is 37.3 Å². The number of hydrogen-bond donors (Lipinski definition) is 1. The maximum Gasteiger partial charge on any atom is 0.264 e. The van der Waals surface area contributed by atoms with Crippen LogP contribution in [0.1, 0.15) is 22.0 Å². The van der Waals surface area contributed by atoms with E-state index < -0.39 is 10.0 Å². The summed E-state index contributed by atoms with van der Waals surface area (Å²) in [5, 5.41) is 3.58. The minimum absolute atomic E-state index is 0.0214. The number of carbonyl (C=O) groups excluding carboxylic acids is 1. The Morgan fingerprint density at radius 2 is 1.90 bits per heavy atom. The summed E-state index contributed by atoms with van der Waals surface area (Å²) in [6, 6.07) is 13.4. The molecule has 1 saturated heterocycles. The molecule has 0 spiro atoms. The molecule has 10 heteroatoms. The number of amides is 1. The van der Waals surface area contributed by atoms with Gasteiger partial charge < -0.3 is 10.1 Å². The number of nitrogens with one attached hydrogen (secondary N) is 1. The zero-order chi connectivity index (χ0) is 22.4. The summed E-state index contributed by atoms with van der Waals surface area (Å²) in [5.74, 6) is -0.357. The van der Waals surface area contributed by atoms with Gasteiger partial charge in [-0.2, -0.15) is 0 Å². The van der Waals surface area contributed by atoms with Crippen LogP contribution in [0.4, 0.5) is 0 Å². The van der Waals surface area contributed by atoms with E-state index in [4.69, 9.17) is 21.2 Å². The Hall–Kier alpha value is -2.01. The van der Waals surface area contributed by atoms with Gasteiger partial charge in [-0.1, -0.05) is 34.3 Å². The minimum atomic E-state index is -3.84. The maximum absolute atomic E-state index is 12.8. The second-order valence-corrected chi connectivity index (χ2v) is 9.42. The summed E-state index contributed by atoms with van der Waals surface area (Å²) in [5.41, 5.74) is 1.28. The SMILES string of the molecule is CON(C)S(=O)(=O)c1cccc(C(=O)NCC(c2ccc(Cl)cc2)N2CCOCC2)c1. The van der Waals surface area contributed by atoms with Gasteiger partial charge in [0.2, 0.25) is 0 Å². The number of halogens is 1. The third-order valence-corrected chi connectivity index (χ3v) is 7.11. The average Bonchev–Trinajstić information content (AvgIpc) is 2.80. The number of hydroxylamine groups is 1. The molecule has 168 valence electrons. The first-order valence-corrected chi connectivity index (χ1v) is 11.6. The Balaban J connectivity index is 1.76. The van der Waals surface area contributed by atoms with Crippen LogP contribution in [0.25, 0.3) is 0 Å². The van der Waals surface area contributed by atoms with Crippen LogP contribution in [0.15, 0.2) is 53.4 Å². The van der Waals surface area contributed by atoms with Gasteiger partial charge in [0.25, 0.3) is 15.9 Å². The lowest BCUT2D eigenvalue weighted by atomic mass is 10.0. The first-order valence-electron chi connectivity index (χ1n) is 9.81. The van der Waals surface area contributed by atoms with E-state index in [2.05, 4.69) is 10.2 Å². The number of hydrogen-bond acceptors (Lipinski definition) is 6. The van der Waals surface area contributed by atoms with E-state index in [9.17, 15) is 13.2 Å². The molecule has 1 heterocycles. The number of rotatable bonds is 8. The molecule has 1 amide bonds. The van der Waals surface area contributed by atoms with E-state index in [0.717, 1.165) is 23.1 Å². The highest BCUT2D eigenvalue weighted by Gasteiger charge is 2.25. The lowest BCUT2D eigenvalue weighted by molar-refractivity contribution is -0.0258. The van der Waals surface area contributed by atoms with Crippen LogP contribution >= 0.6 is 11.6 Å². The normalized spacial score (nSPS) is 16.3. The Kier molecular flexibility index (Phi) is 8.04. The van der Waals surface area contributed by atoms with Gasteiger partial charge in [-0.05, 0) is 35.9 Å². The second kappa shape index (κ2) is 10.5. The number of sulfonamides is 1. The first kappa shape index (κ1) is 23.6. The Bertz CT molecular complexity index is 994.